The molecule has 0 amide bonds. The Morgan fingerprint density at radius 1 is 1.46 bits per heavy atom. The molecule has 0 fully saturated rings. The van der Waals surface area contributed by atoms with Gasteiger partial charge in [-0.05, 0) is 13.0 Å². The Bertz CT molecular complexity index is 390. The molecule has 2 aromatic rings. The fourth-order valence-corrected chi connectivity index (χ4v) is 1.14. The van der Waals surface area contributed by atoms with Gasteiger partial charge in [-0.2, -0.15) is 0 Å². The van der Waals surface area contributed by atoms with Gasteiger partial charge in [0.05, 0.1) is 11.3 Å². The van der Waals surface area contributed by atoms with Gasteiger partial charge in [-0.15, -0.1) is 0 Å². The minimum atomic E-state index is 0.358. The van der Waals surface area contributed by atoms with E-state index in [9.17, 15) is 0 Å². The van der Waals surface area contributed by atoms with E-state index in [0.29, 0.717) is 11.6 Å². The number of nitrogen functional groups attached to an aromatic ring is 1. The van der Waals surface area contributed by atoms with Crippen LogP contribution in [0.4, 0.5) is 5.82 Å². The lowest BCUT2D eigenvalue weighted by molar-refractivity contribution is 0.401. The molecule has 0 aliphatic rings. The van der Waals surface area contributed by atoms with E-state index >= 15 is 0 Å². The molecule has 0 spiro atoms. The van der Waals surface area contributed by atoms with E-state index in [1.54, 1.807) is 19.2 Å². The summed E-state index contributed by atoms with van der Waals surface area (Å²) in [5, 5.41) is 3.63. The Morgan fingerprint density at radius 2 is 2.31 bits per heavy atom. The highest BCUT2D eigenvalue weighted by atomic mass is 16.5. The van der Waals surface area contributed by atoms with E-state index in [2.05, 4.69) is 15.1 Å². The number of nitrogens with two attached hydrogens (primary N) is 1. The molecule has 2 heterocycles. The predicted octanol–water partition coefficient (Wildman–Crippen LogP) is 1.02. The van der Waals surface area contributed by atoms with Crippen LogP contribution in [-0.4, -0.2) is 15.1 Å². The third-order valence-corrected chi connectivity index (χ3v) is 1.73. The molecule has 13 heavy (non-hydrogen) atoms. The van der Waals surface area contributed by atoms with Crippen molar-refractivity contribution >= 4 is 5.82 Å². The molecule has 0 saturated heterocycles. The Hall–Kier alpha value is -1.91. The zero-order valence-electron chi connectivity index (χ0n) is 7.06. The zero-order valence-corrected chi connectivity index (χ0v) is 7.06. The number of aryl methyl sites for hydroxylation is 1. The quantitative estimate of drug-likeness (QED) is 0.701. The number of hydrogen-bond donors (Lipinski definition) is 1. The van der Waals surface area contributed by atoms with Crippen LogP contribution in [-0.2, 0) is 0 Å². The summed E-state index contributed by atoms with van der Waals surface area (Å²) >= 11 is 0. The van der Waals surface area contributed by atoms with Crippen molar-refractivity contribution in [3.8, 4) is 11.3 Å². The van der Waals surface area contributed by atoms with E-state index in [1.807, 2.05) is 0 Å². The highest BCUT2D eigenvalue weighted by Gasteiger charge is 2.12. The Kier molecular flexibility index (Phi) is 1.70. The number of rotatable bonds is 1. The van der Waals surface area contributed by atoms with Crippen molar-refractivity contribution in [2.45, 2.75) is 6.92 Å². The van der Waals surface area contributed by atoms with Crippen molar-refractivity contribution in [1.82, 2.24) is 15.1 Å². The van der Waals surface area contributed by atoms with Crippen molar-refractivity contribution in [2.24, 2.45) is 0 Å². The standard InChI is InChI=1S/C8H8N4O/c1-5-7(8(9)12-13-5)6-2-3-10-4-11-6/h2-4H,1H3,(H2,9,12). The van der Waals surface area contributed by atoms with Crippen LogP contribution in [0.5, 0.6) is 0 Å². The van der Waals surface area contributed by atoms with Crippen LogP contribution in [0.15, 0.2) is 23.1 Å². The van der Waals surface area contributed by atoms with Crippen LogP contribution in [0.1, 0.15) is 5.76 Å². The minimum absolute atomic E-state index is 0.358. The first-order valence-corrected chi connectivity index (χ1v) is 3.77. The second kappa shape index (κ2) is 2.85. The van der Waals surface area contributed by atoms with Crippen LogP contribution >= 0.6 is 0 Å². The van der Waals surface area contributed by atoms with Crippen molar-refractivity contribution < 1.29 is 4.52 Å². The Balaban J connectivity index is 2.59. The van der Waals surface area contributed by atoms with Crippen LogP contribution in [0.3, 0.4) is 0 Å². The normalized spacial score (nSPS) is 10.2. The van der Waals surface area contributed by atoms with Gasteiger partial charge in [0.25, 0.3) is 0 Å². The molecule has 2 N–H and O–H groups in total. The largest absolute Gasteiger partial charge is 0.380 e. The maximum Gasteiger partial charge on any atom is 0.176 e. The highest BCUT2D eigenvalue weighted by molar-refractivity contribution is 5.71. The molecule has 0 bridgehead atoms. The summed E-state index contributed by atoms with van der Waals surface area (Å²) in [6, 6.07) is 1.76. The van der Waals surface area contributed by atoms with Gasteiger partial charge in [0, 0.05) is 6.20 Å². The summed E-state index contributed by atoms with van der Waals surface area (Å²) in [5.74, 6) is 1.02. The van der Waals surface area contributed by atoms with Crippen LogP contribution in [0.2, 0.25) is 0 Å². The molecule has 66 valence electrons. The monoisotopic (exact) mass is 176 g/mol. The van der Waals surface area contributed by atoms with Gasteiger partial charge in [-0.3, -0.25) is 0 Å². The number of nitrogens with zero attached hydrogens (tertiary/aromatic N) is 3. The van der Waals surface area contributed by atoms with Gasteiger partial charge in [0.1, 0.15) is 12.1 Å². The SMILES string of the molecule is Cc1onc(N)c1-c1ccncn1. The van der Waals surface area contributed by atoms with Crippen LogP contribution in [0.25, 0.3) is 11.3 Å². The molecule has 0 radical (unpaired) electrons. The summed E-state index contributed by atoms with van der Waals surface area (Å²) in [4.78, 5) is 7.86. The lowest BCUT2D eigenvalue weighted by Crippen LogP contribution is -1.90. The molecular formula is C8H8N4O. The molecule has 0 aromatic carbocycles. The topological polar surface area (TPSA) is 77.8 Å². The minimum Gasteiger partial charge on any atom is -0.380 e. The van der Waals surface area contributed by atoms with E-state index in [1.165, 1.54) is 6.33 Å². The lowest BCUT2D eigenvalue weighted by Gasteiger charge is -1.95. The summed E-state index contributed by atoms with van der Waals surface area (Å²) in [6.07, 6.45) is 3.11. The molecular weight excluding hydrogens is 168 g/mol. The molecule has 0 aliphatic heterocycles. The molecule has 2 rings (SSSR count). The van der Waals surface area contributed by atoms with Crippen molar-refractivity contribution in [1.29, 1.82) is 0 Å². The van der Waals surface area contributed by atoms with E-state index < -0.39 is 0 Å². The molecule has 5 heteroatoms. The van der Waals surface area contributed by atoms with Crippen LogP contribution in [0, 0.1) is 6.92 Å². The summed E-state index contributed by atoms with van der Waals surface area (Å²) in [5.41, 5.74) is 7.07. The third-order valence-electron chi connectivity index (χ3n) is 1.73. The first-order valence-electron chi connectivity index (χ1n) is 3.77. The second-order valence-corrected chi connectivity index (χ2v) is 2.59. The first-order chi connectivity index (χ1) is 6.29. The fraction of sp³-hybridized carbons (Fsp3) is 0.125. The average molecular weight is 176 g/mol. The van der Waals surface area contributed by atoms with Gasteiger partial charge in [-0.1, -0.05) is 5.16 Å². The highest BCUT2D eigenvalue weighted by Crippen LogP contribution is 2.26. The maximum atomic E-state index is 5.61. The lowest BCUT2D eigenvalue weighted by atomic mass is 10.2. The molecule has 0 unspecified atom stereocenters. The van der Waals surface area contributed by atoms with E-state index in [4.69, 9.17) is 10.3 Å². The molecule has 0 aliphatic carbocycles. The van der Waals surface area contributed by atoms with E-state index in [0.717, 1.165) is 11.3 Å². The second-order valence-electron chi connectivity index (χ2n) is 2.59. The fourth-order valence-electron chi connectivity index (χ4n) is 1.14. The number of aromatic nitrogens is 3. The number of anilines is 1. The van der Waals surface area contributed by atoms with Gasteiger partial charge in [0.15, 0.2) is 5.82 Å². The Labute approximate surface area is 74.6 Å². The molecule has 5 nitrogen and oxygen atoms in total. The molecule has 2 aromatic heterocycles. The summed E-state index contributed by atoms with van der Waals surface area (Å²) in [7, 11) is 0. The average Bonchev–Trinajstić information content (AvgIpc) is 2.48. The predicted molar refractivity (Wildman–Crippen MR) is 46.7 cm³/mol. The van der Waals surface area contributed by atoms with Crippen molar-refractivity contribution in [3.63, 3.8) is 0 Å². The van der Waals surface area contributed by atoms with Gasteiger partial charge in [-0.25, -0.2) is 9.97 Å². The van der Waals surface area contributed by atoms with Gasteiger partial charge in [0.2, 0.25) is 0 Å². The smallest absolute Gasteiger partial charge is 0.176 e. The van der Waals surface area contributed by atoms with Crippen LogP contribution < -0.4 is 5.73 Å². The van der Waals surface area contributed by atoms with E-state index in [-0.39, 0.29) is 0 Å². The van der Waals surface area contributed by atoms with Crippen molar-refractivity contribution in [3.05, 3.63) is 24.4 Å². The summed E-state index contributed by atoms with van der Waals surface area (Å²) < 4.78 is 4.91. The Morgan fingerprint density at radius 3 is 2.85 bits per heavy atom. The van der Waals surface area contributed by atoms with Gasteiger partial charge >= 0.3 is 0 Å². The van der Waals surface area contributed by atoms with Crippen molar-refractivity contribution in [2.75, 3.05) is 5.73 Å². The molecule has 0 atom stereocenters. The maximum absolute atomic E-state index is 5.61. The summed E-state index contributed by atoms with van der Waals surface area (Å²) in [6.45, 7) is 1.79. The van der Waals surface area contributed by atoms with Gasteiger partial charge < -0.3 is 10.3 Å². The molecule has 0 saturated carbocycles. The third kappa shape index (κ3) is 1.24. The first kappa shape index (κ1) is 7.72. The zero-order chi connectivity index (χ0) is 9.26. The number of hydrogen-bond acceptors (Lipinski definition) is 5.